The van der Waals surface area contributed by atoms with Gasteiger partial charge in [-0.3, -0.25) is 9.20 Å². The summed E-state index contributed by atoms with van der Waals surface area (Å²) < 4.78 is 8.55. The molecule has 5 N–H and O–H groups in total. The van der Waals surface area contributed by atoms with Crippen molar-refractivity contribution in [2.75, 3.05) is 19.8 Å². The number of fused-ring (bicyclic) bond motifs is 1. The first-order valence-electron chi connectivity index (χ1n) is 9.93. The van der Waals surface area contributed by atoms with Crippen LogP contribution in [0.5, 0.6) is 0 Å². The van der Waals surface area contributed by atoms with Crippen LogP contribution in [0.3, 0.4) is 0 Å². The first-order valence-corrected chi connectivity index (χ1v) is 10.7. The highest BCUT2D eigenvalue weighted by Gasteiger charge is 2.27. The second kappa shape index (κ2) is 11.4. The van der Waals surface area contributed by atoms with E-state index in [2.05, 4.69) is 37.5 Å². The van der Waals surface area contributed by atoms with Crippen molar-refractivity contribution < 1.29 is 9.53 Å². The van der Waals surface area contributed by atoms with Crippen molar-refractivity contribution in [1.29, 1.82) is 0 Å². The first-order chi connectivity index (χ1) is 14.3. The van der Waals surface area contributed by atoms with Gasteiger partial charge in [-0.2, -0.15) is 0 Å². The van der Waals surface area contributed by atoms with Crippen LogP contribution in [0.15, 0.2) is 46.6 Å². The molecule has 0 bridgehead atoms. The zero-order chi connectivity index (χ0) is 22.1. The van der Waals surface area contributed by atoms with E-state index in [1.807, 2.05) is 41.8 Å². The molecule has 0 spiro atoms. The van der Waals surface area contributed by atoms with E-state index in [0.717, 1.165) is 22.9 Å². The van der Waals surface area contributed by atoms with Gasteiger partial charge in [-0.25, -0.2) is 0 Å². The van der Waals surface area contributed by atoms with Crippen molar-refractivity contribution in [2.45, 2.75) is 45.2 Å². The quantitative estimate of drug-likeness (QED) is 0.337. The molecule has 8 nitrogen and oxygen atoms in total. The molecule has 0 aliphatic heterocycles. The van der Waals surface area contributed by atoms with Gasteiger partial charge >= 0.3 is 0 Å². The van der Waals surface area contributed by atoms with E-state index >= 15 is 0 Å². The fourth-order valence-electron chi connectivity index (χ4n) is 2.73. The lowest BCUT2D eigenvalue weighted by atomic mass is 10.1. The molecular formula is C21H31BrN6O2. The monoisotopic (exact) mass is 478 g/mol. The number of aromatic nitrogens is 3. The summed E-state index contributed by atoms with van der Waals surface area (Å²) in [6, 6.07) is 3.21. The Labute approximate surface area is 185 Å². The number of pyridine rings is 1. The van der Waals surface area contributed by atoms with Crippen LogP contribution in [-0.4, -0.2) is 45.8 Å². The van der Waals surface area contributed by atoms with Gasteiger partial charge in [-0.05, 0) is 61.7 Å². The van der Waals surface area contributed by atoms with Crippen molar-refractivity contribution in [3.8, 4) is 0 Å². The second-order valence-corrected chi connectivity index (χ2v) is 8.51. The van der Waals surface area contributed by atoms with E-state index in [1.54, 1.807) is 13.8 Å². The molecule has 2 heterocycles. The zero-order valence-electron chi connectivity index (χ0n) is 17.8. The number of allylic oxidation sites excluding steroid dienone is 2. The van der Waals surface area contributed by atoms with Crippen LogP contribution in [0, 0.1) is 0 Å². The Morgan fingerprint density at radius 2 is 2.17 bits per heavy atom. The lowest BCUT2D eigenvalue weighted by Gasteiger charge is -2.23. The van der Waals surface area contributed by atoms with Gasteiger partial charge < -0.3 is 21.5 Å². The molecule has 0 radical (unpaired) electrons. The minimum Gasteiger partial charge on any atom is -0.375 e. The Morgan fingerprint density at radius 3 is 2.83 bits per heavy atom. The van der Waals surface area contributed by atoms with E-state index in [-0.39, 0.29) is 12.5 Å². The average molecular weight is 479 g/mol. The molecule has 30 heavy (non-hydrogen) atoms. The molecule has 2 aromatic rings. The number of rotatable bonds is 11. The van der Waals surface area contributed by atoms with Crippen LogP contribution in [-0.2, 0) is 9.53 Å². The Bertz CT molecular complexity index is 901. The van der Waals surface area contributed by atoms with E-state index in [4.69, 9.17) is 16.2 Å². The minimum absolute atomic E-state index is 0.221. The zero-order valence-corrected chi connectivity index (χ0v) is 19.4. The highest BCUT2D eigenvalue weighted by atomic mass is 79.9. The Balaban J connectivity index is 2.14. The molecule has 0 aromatic carbocycles. The Morgan fingerprint density at radius 1 is 1.40 bits per heavy atom. The summed E-state index contributed by atoms with van der Waals surface area (Å²) in [5.41, 5.74) is 12.6. The Kier molecular flexibility index (Phi) is 9.16. The number of nitrogens with zero attached hydrogens (tertiary/aromatic N) is 3. The third-order valence-corrected chi connectivity index (χ3v) is 4.97. The van der Waals surface area contributed by atoms with Crippen LogP contribution in [0.4, 0.5) is 0 Å². The molecule has 1 amide bonds. The van der Waals surface area contributed by atoms with Gasteiger partial charge in [-0.1, -0.05) is 23.8 Å². The summed E-state index contributed by atoms with van der Waals surface area (Å²) in [5.74, 6) is 0.271. The Hall–Kier alpha value is -2.07. The fourth-order valence-corrected chi connectivity index (χ4v) is 3.07. The number of nitrogens with one attached hydrogen (secondary N) is 1. The van der Waals surface area contributed by atoms with Crippen molar-refractivity contribution in [3.05, 3.63) is 52.4 Å². The molecule has 2 rings (SSSR count). The molecule has 0 aliphatic carbocycles. The largest absolute Gasteiger partial charge is 0.375 e. The summed E-state index contributed by atoms with van der Waals surface area (Å²) in [4.78, 5) is 12.5. The molecule has 164 valence electrons. The lowest BCUT2D eigenvalue weighted by Crippen LogP contribution is -2.51. The predicted octanol–water partition coefficient (Wildman–Crippen LogP) is 2.64. The van der Waals surface area contributed by atoms with Crippen LogP contribution in [0.2, 0.25) is 0 Å². The third-order valence-electron chi connectivity index (χ3n) is 4.50. The first kappa shape index (κ1) is 24.2. The maximum atomic E-state index is 12.5. The second-order valence-electron chi connectivity index (χ2n) is 7.59. The SMILES string of the molecule is C/C=C\CC/C(=C/COCC(NC(=O)C(C)(C)N)c1nnc2ccc(Br)cn12)CN. The molecule has 0 aliphatic rings. The minimum atomic E-state index is -1.03. The molecule has 9 heteroatoms. The lowest BCUT2D eigenvalue weighted by molar-refractivity contribution is -0.126. The maximum Gasteiger partial charge on any atom is 0.240 e. The van der Waals surface area contributed by atoms with Crippen molar-refractivity contribution >= 4 is 27.5 Å². The van der Waals surface area contributed by atoms with Gasteiger partial charge in [0, 0.05) is 17.2 Å². The number of amides is 1. The van der Waals surface area contributed by atoms with Gasteiger partial charge in [-0.15, -0.1) is 10.2 Å². The number of ether oxygens (including phenoxy) is 1. The third kappa shape index (κ3) is 7.02. The topological polar surface area (TPSA) is 121 Å². The highest BCUT2D eigenvalue weighted by molar-refractivity contribution is 9.10. The number of halogens is 1. The van der Waals surface area contributed by atoms with Crippen LogP contribution in [0.1, 0.15) is 45.5 Å². The van der Waals surface area contributed by atoms with E-state index in [1.165, 1.54) is 0 Å². The van der Waals surface area contributed by atoms with Crippen LogP contribution < -0.4 is 16.8 Å². The molecule has 0 saturated heterocycles. The molecule has 0 saturated carbocycles. The fraction of sp³-hybridized carbons (Fsp3) is 0.476. The normalized spacial score (nSPS) is 13.9. The standard InChI is InChI=1S/C21H31BrN6O2/c1-4-5-6-7-15(12-23)10-11-30-14-17(25-20(29)21(2,3)24)19-27-26-18-9-8-16(22)13-28(18)19/h4-5,8-10,13,17H,6-7,11-12,14,23-24H2,1-3H3,(H,25,29)/b5-4-,15-10-. The van der Waals surface area contributed by atoms with Gasteiger partial charge in [0.2, 0.25) is 5.91 Å². The smallest absolute Gasteiger partial charge is 0.240 e. The van der Waals surface area contributed by atoms with E-state index < -0.39 is 11.6 Å². The average Bonchev–Trinajstić information content (AvgIpc) is 3.10. The summed E-state index contributed by atoms with van der Waals surface area (Å²) in [6.07, 6.45) is 9.83. The van der Waals surface area contributed by atoms with Crippen LogP contribution in [0.25, 0.3) is 5.65 Å². The molecular weight excluding hydrogens is 448 g/mol. The van der Waals surface area contributed by atoms with Crippen molar-refractivity contribution in [1.82, 2.24) is 19.9 Å². The van der Waals surface area contributed by atoms with Crippen molar-refractivity contribution in [2.24, 2.45) is 11.5 Å². The number of hydrogen-bond acceptors (Lipinski definition) is 6. The molecule has 2 aromatic heterocycles. The van der Waals surface area contributed by atoms with Gasteiger partial charge in [0.1, 0.15) is 6.04 Å². The molecule has 1 unspecified atom stereocenters. The number of carbonyl (C=O) groups is 1. The van der Waals surface area contributed by atoms with E-state index in [0.29, 0.717) is 24.6 Å². The summed E-state index contributed by atoms with van der Waals surface area (Å²) in [6.45, 7) is 6.41. The number of nitrogens with two attached hydrogens (primary N) is 2. The van der Waals surface area contributed by atoms with Gasteiger partial charge in [0.15, 0.2) is 11.5 Å². The highest BCUT2D eigenvalue weighted by Crippen LogP contribution is 2.18. The van der Waals surface area contributed by atoms with Crippen LogP contribution >= 0.6 is 15.9 Å². The maximum absolute atomic E-state index is 12.5. The van der Waals surface area contributed by atoms with Gasteiger partial charge in [0.05, 0.1) is 18.8 Å². The molecule has 1 atom stereocenters. The predicted molar refractivity (Wildman–Crippen MR) is 122 cm³/mol. The number of hydrogen-bond donors (Lipinski definition) is 3. The number of carbonyl (C=O) groups excluding carboxylic acids is 1. The van der Waals surface area contributed by atoms with Gasteiger partial charge in [0.25, 0.3) is 0 Å². The van der Waals surface area contributed by atoms with E-state index in [9.17, 15) is 4.79 Å². The summed E-state index contributed by atoms with van der Waals surface area (Å²) in [7, 11) is 0. The summed E-state index contributed by atoms with van der Waals surface area (Å²) >= 11 is 3.46. The van der Waals surface area contributed by atoms with Crippen molar-refractivity contribution in [3.63, 3.8) is 0 Å². The molecule has 0 fully saturated rings. The summed E-state index contributed by atoms with van der Waals surface area (Å²) in [5, 5.41) is 11.4.